The summed E-state index contributed by atoms with van der Waals surface area (Å²) in [6, 6.07) is 12.8. The first-order chi connectivity index (χ1) is 13.0. The number of thioether (sulfide) groups is 1. The highest BCUT2D eigenvalue weighted by Gasteiger charge is 2.19. The van der Waals surface area contributed by atoms with Crippen LogP contribution < -0.4 is 10.6 Å². The smallest absolute Gasteiger partial charge is 0.265 e. The van der Waals surface area contributed by atoms with Crippen molar-refractivity contribution in [3.8, 4) is 0 Å². The average Bonchev–Trinajstić information content (AvgIpc) is 2.68. The standard InChI is InChI=1S/C20H19FN2O3S/c1-13-18(27-11-10-26-13)20(25)23-16-8-6-14(7-9-16)19(24)22-12-15-4-2-3-5-17(15)21/h2-9H,10-12H2,1H3,(H,22,24)(H,23,25). The third-order valence-electron chi connectivity index (χ3n) is 3.98. The number of amides is 2. The Kier molecular flexibility index (Phi) is 6.13. The number of halogens is 1. The van der Waals surface area contributed by atoms with Crippen LogP contribution in [-0.4, -0.2) is 24.2 Å². The molecule has 0 saturated heterocycles. The van der Waals surface area contributed by atoms with E-state index < -0.39 is 0 Å². The minimum Gasteiger partial charge on any atom is -0.496 e. The van der Waals surface area contributed by atoms with Crippen LogP contribution in [0, 0.1) is 5.82 Å². The molecule has 140 valence electrons. The second-order valence-corrected chi connectivity index (χ2v) is 6.99. The summed E-state index contributed by atoms with van der Waals surface area (Å²) in [6.07, 6.45) is 0. The number of rotatable bonds is 5. The quantitative estimate of drug-likeness (QED) is 0.823. The highest BCUT2D eigenvalue weighted by atomic mass is 32.2. The molecule has 7 heteroatoms. The van der Waals surface area contributed by atoms with E-state index in [1.54, 1.807) is 49.4 Å². The molecule has 2 N–H and O–H groups in total. The molecule has 1 heterocycles. The minimum absolute atomic E-state index is 0.106. The summed E-state index contributed by atoms with van der Waals surface area (Å²) < 4.78 is 19.0. The van der Waals surface area contributed by atoms with Crippen molar-refractivity contribution in [2.75, 3.05) is 17.7 Å². The molecule has 0 aromatic heterocycles. The van der Waals surface area contributed by atoms with E-state index in [1.165, 1.54) is 17.8 Å². The fraction of sp³-hybridized carbons (Fsp3) is 0.200. The molecule has 3 rings (SSSR count). The molecule has 2 amide bonds. The number of carbonyl (C=O) groups is 2. The maximum Gasteiger partial charge on any atom is 0.265 e. The SMILES string of the molecule is CC1=C(C(=O)Nc2ccc(C(=O)NCc3ccccc3F)cc2)SCCO1. The van der Waals surface area contributed by atoms with Gasteiger partial charge in [0.15, 0.2) is 0 Å². The van der Waals surface area contributed by atoms with Crippen LogP contribution in [0.4, 0.5) is 10.1 Å². The molecule has 2 aromatic rings. The summed E-state index contributed by atoms with van der Waals surface area (Å²) in [7, 11) is 0. The highest BCUT2D eigenvalue weighted by molar-refractivity contribution is 8.04. The van der Waals surface area contributed by atoms with Crippen molar-refractivity contribution in [3.05, 3.63) is 76.1 Å². The van der Waals surface area contributed by atoms with Gasteiger partial charge in [0.25, 0.3) is 11.8 Å². The Morgan fingerprint density at radius 1 is 1.11 bits per heavy atom. The first kappa shape index (κ1) is 19.0. The van der Waals surface area contributed by atoms with E-state index in [9.17, 15) is 14.0 Å². The number of hydrogen-bond acceptors (Lipinski definition) is 4. The van der Waals surface area contributed by atoms with Gasteiger partial charge in [-0.2, -0.15) is 0 Å². The lowest BCUT2D eigenvalue weighted by molar-refractivity contribution is -0.112. The molecule has 0 radical (unpaired) electrons. The van der Waals surface area contributed by atoms with E-state index in [0.29, 0.717) is 34.1 Å². The minimum atomic E-state index is -0.356. The number of nitrogens with one attached hydrogen (secondary N) is 2. The predicted octanol–water partition coefficient (Wildman–Crippen LogP) is 3.69. The van der Waals surface area contributed by atoms with Gasteiger partial charge >= 0.3 is 0 Å². The van der Waals surface area contributed by atoms with Crippen molar-refractivity contribution >= 4 is 29.3 Å². The number of hydrogen-bond donors (Lipinski definition) is 2. The Labute approximate surface area is 161 Å². The van der Waals surface area contributed by atoms with Gasteiger partial charge in [-0.3, -0.25) is 9.59 Å². The van der Waals surface area contributed by atoms with Crippen molar-refractivity contribution < 1.29 is 18.7 Å². The molecule has 0 fully saturated rings. The Bertz CT molecular complexity index is 881. The van der Waals surface area contributed by atoms with Gasteiger partial charge < -0.3 is 15.4 Å². The van der Waals surface area contributed by atoms with Gasteiger partial charge in [-0.1, -0.05) is 18.2 Å². The molecule has 1 aliphatic heterocycles. The van der Waals surface area contributed by atoms with E-state index in [-0.39, 0.29) is 24.2 Å². The lowest BCUT2D eigenvalue weighted by Crippen LogP contribution is -2.23. The third kappa shape index (κ3) is 4.89. The summed E-state index contributed by atoms with van der Waals surface area (Å²) in [4.78, 5) is 25.1. The fourth-order valence-corrected chi connectivity index (χ4v) is 3.36. The van der Waals surface area contributed by atoms with Gasteiger partial charge in [0.2, 0.25) is 0 Å². The molecule has 0 atom stereocenters. The van der Waals surface area contributed by atoms with Crippen LogP contribution in [0.15, 0.2) is 59.2 Å². The fourth-order valence-electron chi connectivity index (χ4n) is 2.54. The molecule has 27 heavy (non-hydrogen) atoms. The Hall–Kier alpha value is -2.80. The van der Waals surface area contributed by atoms with E-state index >= 15 is 0 Å². The lowest BCUT2D eigenvalue weighted by atomic mass is 10.1. The van der Waals surface area contributed by atoms with Crippen LogP contribution in [0.25, 0.3) is 0 Å². The molecule has 0 unspecified atom stereocenters. The van der Waals surface area contributed by atoms with Crippen molar-refractivity contribution in [1.82, 2.24) is 5.32 Å². The summed E-state index contributed by atoms with van der Waals surface area (Å²) >= 11 is 1.46. The summed E-state index contributed by atoms with van der Waals surface area (Å²) in [6.45, 7) is 2.47. The maximum atomic E-state index is 13.6. The van der Waals surface area contributed by atoms with E-state index in [4.69, 9.17) is 4.74 Å². The number of allylic oxidation sites excluding steroid dienone is 1. The number of anilines is 1. The molecule has 0 saturated carbocycles. The normalized spacial score (nSPS) is 13.7. The van der Waals surface area contributed by atoms with Gasteiger partial charge in [0.05, 0.1) is 6.61 Å². The van der Waals surface area contributed by atoms with E-state index in [1.807, 2.05) is 0 Å². The van der Waals surface area contributed by atoms with Gasteiger partial charge in [-0.05, 0) is 37.3 Å². The zero-order valence-electron chi connectivity index (χ0n) is 14.8. The maximum absolute atomic E-state index is 13.6. The number of ether oxygens (including phenoxy) is 1. The molecule has 0 aliphatic carbocycles. The Morgan fingerprint density at radius 3 is 2.56 bits per heavy atom. The zero-order valence-corrected chi connectivity index (χ0v) is 15.6. The van der Waals surface area contributed by atoms with Gasteiger partial charge in [0.1, 0.15) is 16.5 Å². The van der Waals surface area contributed by atoms with Crippen LogP contribution in [0.1, 0.15) is 22.8 Å². The van der Waals surface area contributed by atoms with Crippen LogP contribution in [0.3, 0.4) is 0 Å². The van der Waals surface area contributed by atoms with Crippen molar-refractivity contribution in [3.63, 3.8) is 0 Å². The zero-order chi connectivity index (χ0) is 19.2. The third-order valence-corrected chi connectivity index (χ3v) is 5.11. The molecule has 1 aliphatic rings. The Morgan fingerprint density at radius 2 is 1.85 bits per heavy atom. The molecule has 5 nitrogen and oxygen atoms in total. The molecule has 2 aromatic carbocycles. The Balaban J connectivity index is 1.59. The van der Waals surface area contributed by atoms with Gasteiger partial charge in [-0.15, -0.1) is 11.8 Å². The summed E-state index contributed by atoms with van der Waals surface area (Å²) in [5.74, 6) is 0.457. The second kappa shape index (κ2) is 8.73. The second-order valence-electron chi connectivity index (χ2n) is 5.89. The number of carbonyl (C=O) groups excluding carboxylic acids is 2. The van der Waals surface area contributed by atoms with Crippen LogP contribution in [0.5, 0.6) is 0 Å². The first-order valence-corrected chi connectivity index (χ1v) is 9.42. The highest BCUT2D eigenvalue weighted by Crippen LogP contribution is 2.26. The molecular weight excluding hydrogens is 367 g/mol. The monoisotopic (exact) mass is 386 g/mol. The van der Waals surface area contributed by atoms with Crippen LogP contribution >= 0.6 is 11.8 Å². The topological polar surface area (TPSA) is 67.4 Å². The summed E-state index contributed by atoms with van der Waals surface area (Å²) in [5, 5.41) is 5.47. The van der Waals surface area contributed by atoms with Crippen molar-refractivity contribution in [2.24, 2.45) is 0 Å². The van der Waals surface area contributed by atoms with E-state index in [0.717, 1.165) is 5.75 Å². The number of benzene rings is 2. The molecule has 0 bridgehead atoms. The summed E-state index contributed by atoms with van der Waals surface area (Å²) in [5.41, 5.74) is 1.43. The molecule has 0 spiro atoms. The lowest BCUT2D eigenvalue weighted by Gasteiger charge is -2.17. The molecular formula is C20H19FN2O3S. The van der Waals surface area contributed by atoms with Crippen LogP contribution in [0.2, 0.25) is 0 Å². The van der Waals surface area contributed by atoms with Crippen molar-refractivity contribution in [2.45, 2.75) is 13.5 Å². The van der Waals surface area contributed by atoms with Gasteiger partial charge in [-0.25, -0.2) is 4.39 Å². The predicted molar refractivity (Wildman–Crippen MR) is 104 cm³/mol. The first-order valence-electron chi connectivity index (χ1n) is 8.44. The largest absolute Gasteiger partial charge is 0.496 e. The van der Waals surface area contributed by atoms with Crippen LogP contribution in [-0.2, 0) is 16.1 Å². The van der Waals surface area contributed by atoms with E-state index in [2.05, 4.69) is 10.6 Å². The average molecular weight is 386 g/mol. The van der Waals surface area contributed by atoms with Gasteiger partial charge in [0, 0.05) is 29.1 Å². The van der Waals surface area contributed by atoms with Crippen molar-refractivity contribution in [1.29, 1.82) is 0 Å².